The molecule has 1 aliphatic carbocycles. The molecular weight excluding hydrogens is 521 g/mol. The average molecular weight is 556 g/mol. The average Bonchev–Trinajstić information content (AvgIpc) is 3.42. The van der Waals surface area contributed by atoms with Gasteiger partial charge in [0, 0.05) is 44.5 Å². The van der Waals surface area contributed by atoms with E-state index in [1.807, 2.05) is 32.3 Å². The second kappa shape index (κ2) is 12.4. The second-order valence-electron chi connectivity index (χ2n) is 8.07. The second-order valence-corrected chi connectivity index (χ2v) is 8.93. The number of carbonyl (C=O) groups excluding carboxylic acids is 1. The van der Waals surface area contributed by atoms with Crippen LogP contribution in [0.4, 0.5) is 0 Å². The number of rotatable bonds is 8. The molecule has 0 radical (unpaired) electrons. The number of aromatic nitrogens is 1. The van der Waals surface area contributed by atoms with Crippen molar-refractivity contribution >= 4 is 47.2 Å². The van der Waals surface area contributed by atoms with Crippen LogP contribution in [0.3, 0.4) is 0 Å². The number of hydrogen-bond acceptors (Lipinski definition) is 4. The molecule has 8 heteroatoms. The third-order valence-electron chi connectivity index (χ3n) is 5.55. The van der Waals surface area contributed by atoms with E-state index in [2.05, 4.69) is 35.1 Å². The highest BCUT2D eigenvalue weighted by atomic mass is 127. The van der Waals surface area contributed by atoms with Gasteiger partial charge in [0.05, 0.1) is 17.7 Å². The molecule has 2 aromatic rings. The number of halogens is 1. The molecule has 1 aromatic carbocycles. The molecule has 0 unspecified atom stereocenters. The van der Waals surface area contributed by atoms with E-state index in [0.29, 0.717) is 6.54 Å². The quantitative estimate of drug-likeness (QED) is 0.292. The Kier molecular flexibility index (Phi) is 10.2. The summed E-state index contributed by atoms with van der Waals surface area (Å²) in [4.78, 5) is 24.0. The molecule has 170 valence electrons. The minimum Gasteiger partial charge on any atom is -0.357 e. The fourth-order valence-electron chi connectivity index (χ4n) is 3.98. The standard InChI is InChI=1S/C23H33N5OS.HI/c1-4-24-22(26-17-23(13-8-9-14-23)21(29)28(2)3)25-15-12-19-16-30-20(27-19)18-10-6-5-7-11-18;/h5-7,10-11,16H,4,8-9,12-15,17H2,1-3H3,(H2,24,25,26);1H. The highest BCUT2D eigenvalue weighted by Gasteiger charge is 2.42. The minimum atomic E-state index is -0.342. The Hall–Kier alpha value is -1.68. The van der Waals surface area contributed by atoms with Crippen molar-refractivity contribution in [2.75, 3.05) is 33.7 Å². The zero-order valence-electron chi connectivity index (χ0n) is 18.7. The highest BCUT2D eigenvalue weighted by molar-refractivity contribution is 14.0. The molecule has 0 spiro atoms. The van der Waals surface area contributed by atoms with Crippen molar-refractivity contribution in [3.8, 4) is 10.6 Å². The Bertz CT molecular complexity index is 847. The lowest BCUT2D eigenvalue weighted by atomic mass is 9.85. The summed E-state index contributed by atoms with van der Waals surface area (Å²) >= 11 is 1.68. The molecule has 0 atom stereocenters. The van der Waals surface area contributed by atoms with Crippen LogP contribution in [0.5, 0.6) is 0 Å². The summed E-state index contributed by atoms with van der Waals surface area (Å²) in [6, 6.07) is 10.3. The molecule has 3 rings (SSSR count). The van der Waals surface area contributed by atoms with Gasteiger partial charge in [0.15, 0.2) is 5.96 Å². The number of amides is 1. The number of guanidine groups is 1. The molecule has 2 N–H and O–H groups in total. The maximum Gasteiger partial charge on any atom is 0.230 e. The summed E-state index contributed by atoms with van der Waals surface area (Å²) in [6.07, 6.45) is 4.89. The first-order valence-electron chi connectivity index (χ1n) is 10.8. The molecule has 6 nitrogen and oxygen atoms in total. The number of carbonyl (C=O) groups is 1. The van der Waals surface area contributed by atoms with Gasteiger partial charge in [-0.3, -0.25) is 9.79 Å². The lowest BCUT2D eigenvalue weighted by Gasteiger charge is -2.29. The maximum atomic E-state index is 12.8. The van der Waals surface area contributed by atoms with Crippen LogP contribution in [0.25, 0.3) is 10.6 Å². The van der Waals surface area contributed by atoms with Gasteiger partial charge in [0.25, 0.3) is 0 Å². The Morgan fingerprint density at radius 2 is 1.90 bits per heavy atom. The smallest absolute Gasteiger partial charge is 0.230 e. The molecule has 1 heterocycles. The number of nitrogens with zero attached hydrogens (tertiary/aromatic N) is 3. The fraction of sp³-hybridized carbons (Fsp3) is 0.522. The lowest BCUT2D eigenvalue weighted by molar-refractivity contribution is -0.138. The number of thiazole rings is 1. The number of nitrogens with one attached hydrogen (secondary N) is 2. The van der Waals surface area contributed by atoms with Crippen LogP contribution >= 0.6 is 35.3 Å². The van der Waals surface area contributed by atoms with Crippen molar-refractivity contribution in [3.05, 3.63) is 41.4 Å². The van der Waals surface area contributed by atoms with Crippen LogP contribution in [-0.4, -0.2) is 55.5 Å². The largest absolute Gasteiger partial charge is 0.357 e. The van der Waals surface area contributed by atoms with Gasteiger partial charge in [-0.15, -0.1) is 35.3 Å². The van der Waals surface area contributed by atoms with Gasteiger partial charge in [-0.2, -0.15) is 0 Å². The Balaban J connectivity index is 0.00000341. The van der Waals surface area contributed by atoms with Crippen molar-refractivity contribution < 1.29 is 4.79 Å². The molecule has 1 aliphatic rings. The monoisotopic (exact) mass is 555 g/mol. The topological polar surface area (TPSA) is 69.6 Å². The Morgan fingerprint density at radius 3 is 2.55 bits per heavy atom. The first-order valence-corrected chi connectivity index (χ1v) is 11.7. The summed E-state index contributed by atoms with van der Waals surface area (Å²) in [6.45, 7) is 4.13. The van der Waals surface area contributed by atoms with E-state index in [-0.39, 0.29) is 35.3 Å². The molecule has 31 heavy (non-hydrogen) atoms. The van der Waals surface area contributed by atoms with Gasteiger partial charge in [0.2, 0.25) is 5.91 Å². The van der Waals surface area contributed by atoms with Crippen molar-refractivity contribution in [2.24, 2.45) is 10.4 Å². The van der Waals surface area contributed by atoms with Crippen molar-refractivity contribution in [1.82, 2.24) is 20.5 Å². The molecule has 1 amide bonds. The van der Waals surface area contributed by atoms with Crippen LogP contribution in [0, 0.1) is 5.41 Å². The summed E-state index contributed by atoms with van der Waals surface area (Å²) in [5.74, 6) is 0.976. The fourth-order valence-corrected chi connectivity index (χ4v) is 4.84. The predicted octanol–water partition coefficient (Wildman–Crippen LogP) is 4.17. The molecular formula is C23H34IN5OS. The van der Waals surface area contributed by atoms with Crippen LogP contribution in [0.1, 0.15) is 38.3 Å². The third kappa shape index (κ3) is 6.90. The van der Waals surface area contributed by atoms with Crippen molar-refractivity contribution in [1.29, 1.82) is 0 Å². The van der Waals surface area contributed by atoms with Gasteiger partial charge in [-0.25, -0.2) is 4.98 Å². The summed E-state index contributed by atoms with van der Waals surface area (Å²) in [7, 11) is 3.68. The number of benzene rings is 1. The summed E-state index contributed by atoms with van der Waals surface area (Å²) in [5.41, 5.74) is 1.90. The summed E-state index contributed by atoms with van der Waals surface area (Å²) < 4.78 is 0. The van der Waals surface area contributed by atoms with E-state index in [1.165, 1.54) is 0 Å². The van der Waals surface area contributed by atoms with E-state index in [9.17, 15) is 4.79 Å². The van der Waals surface area contributed by atoms with Crippen LogP contribution in [-0.2, 0) is 11.2 Å². The van der Waals surface area contributed by atoms with E-state index >= 15 is 0 Å². The van der Waals surface area contributed by atoms with Gasteiger partial charge >= 0.3 is 0 Å². The number of hydrogen-bond donors (Lipinski definition) is 2. The molecule has 0 bridgehead atoms. The first kappa shape index (κ1) is 25.6. The van der Waals surface area contributed by atoms with E-state index in [4.69, 9.17) is 9.98 Å². The van der Waals surface area contributed by atoms with Crippen molar-refractivity contribution in [3.63, 3.8) is 0 Å². The van der Waals surface area contributed by atoms with Crippen LogP contribution < -0.4 is 10.6 Å². The molecule has 1 aromatic heterocycles. The Morgan fingerprint density at radius 1 is 1.19 bits per heavy atom. The van der Waals surface area contributed by atoms with Gasteiger partial charge in [0.1, 0.15) is 5.01 Å². The Labute approximate surface area is 207 Å². The minimum absolute atomic E-state index is 0. The van der Waals surface area contributed by atoms with Gasteiger partial charge in [-0.1, -0.05) is 43.2 Å². The first-order chi connectivity index (χ1) is 14.5. The SMILES string of the molecule is CCNC(=NCC1(C(=O)N(C)C)CCCC1)NCCc1csc(-c2ccccc2)n1.I. The zero-order chi connectivity index (χ0) is 21.4. The van der Waals surface area contributed by atoms with Gasteiger partial charge < -0.3 is 15.5 Å². The van der Waals surface area contributed by atoms with Crippen LogP contribution in [0.15, 0.2) is 40.7 Å². The van der Waals surface area contributed by atoms with E-state index < -0.39 is 0 Å². The van der Waals surface area contributed by atoms with E-state index in [0.717, 1.165) is 67.4 Å². The van der Waals surface area contributed by atoms with Crippen molar-refractivity contribution in [2.45, 2.75) is 39.0 Å². The molecule has 0 aliphatic heterocycles. The third-order valence-corrected chi connectivity index (χ3v) is 6.49. The van der Waals surface area contributed by atoms with Crippen LogP contribution in [0.2, 0.25) is 0 Å². The lowest BCUT2D eigenvalue weighted by Crippen LogP contribution is -2.43. The molecule has 1 saturated carbocycles. The van der Waals surface area contributed by atoms with E-state index in [1.54, 1.807) is 16.2 Å². The predicted molar refractivity (Wildman–Crippen MR) is 140 cm³/mol. The molecule has 1 fully saturated rings. The maximum absolute atomic E-state index is 12.8. The zero-order valence-corrected chi connectivity index (χ0v) is 21.8. The van der Waals surface area contributed by atoms with Gasteiger partial charge in [-0.05, 0) is 19.8 Å². The number of aliphatic imine (C=N–C) groups is 1. The normalized spacial score (nSPS) is 15.3. The highest BCUT2D eigenvalue weighted by Crippen LogP contribution is 2.39. The summed E-state index contributed by atoms with van der Waals surface area (Å²) in [5, 5.41) is 9.89. The molecule has 0 saturated heterocycles.